The molecule has 1 rings (SSSR count). The van der Waals surface area contributed by atoms with Crippen molar-refractivity contribution in [3.63, 3.8) is 0 Å². The van der Waals surface area contributed by atoms with Crippen LogP contribution >= 0.6 is 0 Å². The molecule has 1 amide bonds. The number of hydrogen-bond donors (Lipinski definition) is 2. The summed E-state index contributed by atoms with van der Waals surface area (Å²) in [4.78, 5) is 11.2. The molecule has 1 saturated carbocycles. The topological polar surface area (TPSA) is 55.1 Å². The van der Waals surface area contributed by atoms with Gasteiger partial charge in [0.25, 0.3) is 0 Å². The highest BCUT2D eigenvalue weighted by Crippen LogP contribution is 2.35. The molecule has 0 aromatic carbocycles. The fourth-order valence-corrected chi connectivity index (χ4v) is 2.08. The molecule has 0 aliphatic heterocycles. The standard InChI is InChI=1S/C9H18N2O/c1-11-7-9(8(10)12)5-3-2-4-6-9/h11H,2-7H2,1H3,(H2,10,12). The number of amides is 1. The van der Waals surface area contributed by atoms with Crippen molar-refractivity contribution in [2.45, 2.75) is 32.1 Å². The van der Waals surface area contributed by atoms with E-state index in [1.807, 2.05) is 7.05 Å². The van der Waals surface area contributed by atoms with Gasteiger partial charge in [0, 0.05) is 6.54 Å². The third-order valence-corrected chi connectivity index (χ3v) is 2.85. The third kappa shape index (κ3) is 1.78. The minimum atomic E-state index is -0.243. The van der Waals surface area contributed by atoms with Gasteiger partial charge in [-0.05, 0) is 19.9 Å². The van der Waals surface area contributed by atoms with Crippen LogP contribution in [0.5, 0.6) is 0 Å². The molecule has 0 unspecified atom stereocenters. The lowest BCUT2D eigenvalue weighted by atomic mass is 9.73. The first-order chi connectivity index (χ1) is 5.71. The normalized spacial score (nSPS) is 22.1. The monoisotopic (exact) mass is 170 g/mol. The highest BCUT2D eigenvalue weighted by Gasteiger charge is 2.36. The average Bonchev–Trinajstić information content (AvgIpc) is 2.06. The number of primary amides is 1. The van der Waals surface area contributed by atoms with Gasteiger partial charge in [0.15, 0.2) is 0 Å². The second-order valence-electron chi connectivity index (χ2n) is 3.74. The fourth-order valence-electron chi connectivity index (χ4n) is 2.08. The number of nitrogens with two attached hydrogens (primary N) is 1. The Morgan fingerprint density at radius 1 is 1.42 bits per heavy atom. The fraction of sp³-hybridized carbons (Fsp3) is 0.889. The van der Waals surface area contributed by atoms with Gasteiger partial charge >= 0.3 is 0 Å². The number of carbonyl (C=O) groups is 1. The maximum Gasteiger partial charge on any atom is 0.224 e. The summed E-state index contributed by atoms with van der Waals surface area (Å²) in [7, 11) is 1.87. The summed E-state index contributed by atoms with van der Waals surface area (Å²) >= 11 is 0. The number of nitrogens with one attached hydrogen (secondary N) is 1. The molecule has 1 aliphatic carbocycles. The minimum absolute atomic E-state index is 0.128. The smallest absolute Gasteiger partial charge is 0.224 e. The van der Waals surface area contributed by atoms with Crippen LogP contribution in [0.25, 0.3) is 0 Å². The summed E-state index contributed by atoms with van der Waals surface area (Å²) < 4.78 is 0. The Hall–Kier alpha value is -0.570. The van der Waals surface area contributed by atoms with Crippen LogP contribution in [0.2, 0.25) is 0 Å². The van der Waals surface area contributed by atoms with Gasteiger partial charge < -0.3 is 11.1 Å². The second-order valence-corrected chi connectivity index (χ2v) is 3.74. The lowest BCUT2D eigenvalue weighted by Gasteiger charge is -2.33. The number of carbonyl (C=O) groups excluding carboxylic acids is 1. The highest BCUT2D eigenvalue weighted by molar-refractivity contribution is 5.81. The van der Waals surface area contributed by atoms with Crippen LogP contribution in [-0.4, -0.2) is 19.5 Å². The SMILES string of the molecule is CNCC1(C(N)=O)CCCCC1. The van der Waals surface area contributed by atoms with E-state index < -0.39 is 0 Å². The lowest BCUT2D eigenvalue weighted by molar-refractivity contribution is -0.129. The van der Waals surface area contributed by atoms with E-state index in [0.717, 1.165) is 32.2 Å². The van der Waals surface area contributed by atoms with Crippen molar-refractivity contribution in [1.82, 2.24) is 5.32 Å². The van der Waals surface area contributed by atoms with E-state index in [-0.39, 0.29) is 11.3 Å². The first-order valence-corrected chi connectivity index (χ1v) is 4.66. The van der Waals surface area contributed by atoms with Crippen molar-refractivity contribution in [3.8, 4) is 0 Å². The molecule has 0 bridgehead atoms. The summed E-state index contributed by atoms with van der Waals surface area (Å²) in [6, 6.07) is 0. The molecule has 0 aromatic heterocycles. The molecular formula is C9H18N2O. The largest absolute Gasteiger partial charge is 0.369 e. The van der Waals surface area contributed by atoms with E-state index in [4.69, 9.17) is 5.73 Å². The molecule has 0 saturated heterocycles. The molecule has 70 valence electrons. The summed E-state index contributed by atoms with van der Waals surface area (Å²) in [5.74, 6) is -0.128. The maximum atomic E-state index is 11.2. The maximum absolute atomic E-state index is 11.2. The third-order valence-electron chi connectivity index (χ3n) is 2.85. The van der Waals surface area contributed by atoms with E-state index in [9.17, 15) is 4.79 Å². The van der Waals surface area contributed by atoms with Gasteiger partial charge in [-0.15, -0.1) is 0 Å². The van der Waals surface area contributed by atoms with Crippen LogP contribution in [0.15, 0.2) is 0 Å². The highest BCUT2D eigenvalue weighted by atomic mass is 16.1. The van der Waals surface area contributed by atoms with E-state index in [1.165, 1.54) is 6.42 Å². The van der Waals surface area contributed by atoms with Gasteiger partial charge in [0.05, 0.1) is 5.41 Å². The molecular weight excluding hydrogens is 152 g/mol. The van der Waals surface area contributed by atoms with Crippen LogP contribution in [0.3, 0.4) is 0 Å². The Morgan fingerprint density at radius 2 is 2.00 bits per heavy atom. The van der Waals surface area contributed by atoms with Gasteiger partial charge in [-0.3, -0.25) is 4.79 Å². The molecule has 1 aliphatic rings. The minimum Gasteiger partial charge on any atom is -0.369 e. The van der Waals surface area contributed by atoms with Crippen LogP contribution in [-0.2, 0) is 4.79 Å². The molecule has 0 aromatic rings. The average molecular weight is 170 g/mol. The summed E-state index contributed by atoms with van der Waals surface area (Å²) in [6.45, 7) is 0.738. The Kier molecular flexibility index (Phi) is 3.09. The van der Waals surface area contributed by atoms with Gasteiger partial charge in [-0.2, -0.15) is 0 Å². The van der Waals surface area contributed by atoms with Crippen molar-refractivity contribution >= 4 is 5.91 Å². The van der Waals surface area contributed by atoms with Crippen molar-refractivity contribution in [2.75, 3.05) is 13.6 Å². The first kappa shape index (κ1) is 9.52. The molecule has 3 N–H and O–H groups in total. The van der Waals surface area contributed by atoms with Crippen molar-refractivity contribution < 1.29 is 4.79 Å². The molecule has 3 nitrogen and oxygen atoms in total. The Labute approximate surface area is 73.7 Å². The van der Waals surface area contributed by atoms with Gasteiger partial charge in [-0.25, -0.2) is 0 Å². The molecule has 0 atom stereocenters. The van der Waals surface area contributed by atoms with Crippen molar-refractivity contribution in [2.24, 2.45) is 11.1 Å². The van der Waals surface area contributed by atoms with Crippen molar-refractivity contribution in [1.29, 1.82) is 0 Å². The molecule has 0 spiro atoms. The molecule has 0 heterocycles. The van der Waals surface area contributed by atoms with Gasteiger partial charge in [0.2, 0.25) is 5.91 Å². The molecule has 1 fully saturated rings. The predicted molar refractivity (Wildman–Crippen MR) is 48.6 cm³/mol. The zero-order valence-electron chi connectivity index (χ0n) is 7.73. The summed E-state index contributed by atoms with van der Waals surface area (Å²) in [6.07, 6.45) is 5.46. The number of rotatable bonds is 3. The van der Waals surface area contributed by atoms with Crippen LogP contribution in [0, 0.1) is 5.41 Å². The second kappa shape index (κ2) is 3.90. The zero-order chi connectivity index (χ0) is 9.03. The zero-order valence-corrected chi connectivity index (χ0v) is 7.73. The molecule has 0 radical (unpaired) electrons. The Morgan fingerprint density at radius 3 is 2.42 bits per heavy atom. The van der Waals surface area contributed by atoms with Crippen LogP contribution in [0.1, 0.15) is 32.1 Å². The van der Waals surface area contributed by atoms with Crippen molar-refractivity contribution in [3.05, 3.63) is 0 Å². The van der Waals surface area contributed by atoms with E-state index >= 15 is 0 Å². The van der Waals surface area contributed by atoms with Gasteiger partial charge in [-0.1, -0.05) is 19.3 Å². The van der Waals surface area contributed by atoms with Crippen LogP contribution < -0.4 is 11.1 Å². The Balaban J connectivity index is 2.63. The van der Waals surface area contributed by atoms with E-state index in [0.29, 0.717) is 0 Å². The lowest BCUT2D eigenvalue weighted by Crippen LogP contribution is -2.45. The quantitative estimate of drug-likeness (QED) is 0.653. The van der Waals surface area contributed by atoms with E-state index in [2.05, 4.69) is 5.32 Å². The summed E-state index contributed by atoms with van der Waals surface area (Å²) in [5, 5.41) is 3.06. The van der Waals surface area contributed by atoms with Gasteiger partial charge in [0.1, 0.15) is 0 Å². The number of hydrogen-bond acceptors (Lipinski definition) is 2. The first-order valence-electron chi connectivity index (χ1n) is 4.66. The van der Waals surface area contributed by atoms with E-state index in [1.54, 1.807) is 0 Å². The van der Waals surface area contributed by atoms with Crippen LogP contribution in [0.4, 0.5) is 0 Å². The molecule has 12 heavy (non-hydrogen) atoms. The molecule has 3 heteroatoms. The Bertz CT molecular complexity index is 156. The predicted octanol–water partition coefficient (Wildman–Crippen LogP) is 0.642. The summed E-state index contributed by atoms with van der Waals surface area (Å²) in [5.41, 5.74) is 5.17.